The Kier molecular flexibility index (Phi) is 35.5. The molecule has 268 valence electrons. The van der Waals surface area contributed by atoms with Crippen LogP contribution in [0.1, 0.15) is 213 Å². The van der Waals surface area contributed by atoms with Gasteiger partial charge < -0.3 is 15.5 Å². The van der Waals surface area contributed by atoms with Gasteiger partial charge in [0.2, 0.25) is 5.91 Å². The van der Waals surface area contributed by atoms with Gasteiger partial charge in [-0.25, -0.2) is 4.79 Å². The summed E-state index contributed by atoms with van der Waals surface area (Å²) in [4.78, 5) is 23.9. The van der Waals surface area contributed by atoms with Crippen LogP contribution in [0.15, 0.2) is 0 Å². The number of unbranched alkanes of at least 4 members (excludes halogenated alkanes) is 27. The molecule has 0 radical (unpaired) electrons. The van der Waals surface area contributed by atoms with E-state index >= 15 is 0 Å². The van der Waals surface area contributed by atoms with Crippen molar-refractivity contribution in [1.29, 1.82) is 0 Å². The van der Waals surface area contributed by atoms with Gasteiger partial charge in [-0.2, -0.15) is 11.8 Å². The number of nitrogens with one attached hydrogen (secondary N) is 1. The Morgan fingerprint density at radius 1 is 0.511 bits per heavy atom. The summed E-state index contributed by atoms with van der Waals surface area (Å²) in [5.74, 6) is -0.333. The van der Waals surface area contributed by atoms with Gasteiger partial charge in [0.25, 0.3) is 0 Å². The topological polar surface area (TPSA) is 86.6 Å². The number of thioether (sulfide) groups is 1. The Balaban J connectivity index is 3.59. The van der Waals surface area contributed by atoms with E-state index in [2.05, 4.69) is 19.2 Å². The van der Waals surface area contributed by atoms with Crippen molar-refractivity contribution in [1.82, 2.24) is 5.32 Å². The molecule has 3 N–H and O–H groups in total. The molecule has 0 aromatic carbocycles. The Bertz CT molecular complexity index is 632. The first-order valence-electron chi connectivity index (χ1n) is 19.8. The standard InChI is InChI=1S/C39H77NO4S/c1-3-5-7-9-11-13-15-17-18-19-21-22-24-26-28-30-32-36(41)34-45-35-37(39(43)44)40-38(42)33-31-29-27-25-23-20-16-14-12-10-8-6-4-2/h36-37,41H,3-35H2,1-2H3,(H,40,42)(H,43,44)/t36?,37-/m0/s1. The number of carbonyl (C=O) groups excluding carboxylic acids is 1. The lowest BCUT2D eigenvalue weighted by atomic mass is 10.0. The predicted octanol–water partition coefficient (Wildman–Crippen LogP) is 11.8. The van der Waals surface area contributed by atoms with E-state index in [0.29, 0.717) is 17.9 Å². The van der Waals surface area contributed by atoms with Crippen LogP contribution >= 0.6 is 11.8 Å². The summed E-state index contributed by atoms with van der Waals surface area (Å²) in [5, 5.41) is 22.6. The Hall–Kier alpha value is -0.750. The normalized spacial score (nSPS) is 12.8. The van der Waals surface area contributed by atoms with Crippen molar-refractivity contribution in [2.45, 2.75) is 225 Å². The SMILES string of the molecule is CCCCCCCCCCCCCCCCCCC(O)CSC[C@H](NC(=O)CCCCCCCCCCCCCCC)C(=O)O. The van der Waals surface area contributed by atoms with Crippen molar-refractivity contribution in [3.63, 3.8) is 0 Å². The first kappa shape index (κ1) is 44.2. The molecular formula is C39H77NO4S. The number of hydrogen-bond donors (Lipinski definition) is 3. The third-order valence-electron chi connectivity index (χ3n) is 9.13. The molecule has 0 heterocycles. The van der Waals surface area contributed by atoms with E-state index in [1.165, 1.54) is 166 Å². The molecule has 0 aliphatic carbocycles. The van der Waals surface area contributed by atoms with Gasteiger partial charge in [-0.15, -0.1) is 0 Å². The van der Waals surface area contributed by atoms with E-state index in [4.69, 9.17) is 0 Å². The van der Waals surface area contributed by atoms with Gasteiger partial charge in [0.05, 0.1) is 6.10 Å². The highest BCUT2D eigenvalue weighted by Gasteiger charge is 2.20. The number of amides is 1. The summed E-state index contributed by atoms with van der Waals surface area (Å²) in [5.41, 5.74) is 0. The zero-order chi connectivity index (χ0) is 33.1. The smallest absolute Gasteiger partial charge is 0.327 e. The fourth-order valence-corrected chi connectivity index (χ4v) is 7.11. The van der Waals surface area contributed by atoms with Crippen LogP contribution in [0.25, 0.3) is 0 Å². The Morgan fingerprint density at radius 2 is 0.844 bits per heavy atom. The van der Waals surface area contributed by atoms with E-state index < -0.39 is 18.1 Å². The summed E-state index contributed by atoms with van der Waals surface area (Å²) in [6.45, 7) is 4.54. The van der Waals surface area contributed by atoms with Gasteiger partial charge in [-0.05, 0) is 12.8 Å². The summed E-state index contributed by atoms with van der Waals surface area (Å²) >= 11 is 1.43. The number of carbonyl (C=O) groups is 2. The average molecular weight is 656 g/mol. The largest absolute Gasteiger partial charge is 0.480 e. The van der Waals surface area contributed by atoms with Crippen LogP contribution < -0.4 is 5.32 Å². The fraction of sp³-hybridized carbons (Fsp3) is 0.949. The van der Waals surface area contributed by atoms with E-state index in [0.717, 1.165) is 38.5 Å². The number of aliphatic carboxylic acids is 1. The van der Waals surface area contributed by atoms with Crippen LogP contribution in [-0.2, 0) is 9.59 Å². The molecule has 0 aliphatic heterocycles. The highest BCUT2D eigenvalue weighted by atomic mass is 32.2. The average Bonchev–Trinajstić information content (AvgIpc) is 3.02. The van der Waals surface area contributed by atoms with Crippen LogP contribution in [0.4, 0.5) is 0 Å². The minimum absolute atomic E-state index is 0.167. The van der Waals surface area contributed by atoms with Crippen LogP contribution in [0.3, 0.4) is 0 Å². The molecule has 45 heavy (non-hydrogen) atoms. The van der Waals surface area contributed by atoms with Crippen LogP contribution in [0.2, 0.25) is 0 Å². The molecule has 0 spiro atoms. The minimum Gasteiger partial charge on any atom is -0.480 e. The number of aliphatic hydroxyl groups excluding tert-OH is 1. The monoisotopic (exact) mass is 656 g/mol. The second kappa shape index (κ2) is 36.1. The zero-order valence-electron chi connectivity index (χ0n) is 30.1. The van der Waals surface area contributed by atoms with Gasteiger partial charge in [0.15, 0.2) is 0 Å². The van der Waals surface area contributed by atoms with E-state index in [-0.39, 0.29) is 5.91 Å². The van der Waals surface area contributed by atoms with Crippen molar-refractivity contribution in [3.8, 4) is 0 Å². The molecule has 0 aromatic heterocycles. The molecule has 5 nitrogen and oxygen atoms in total. The van der Waals surface area contributed by atoms with Gasteiger partial charge in [0, 0.05) is 17.9 Å². The summed E-state index contributed by atoms with van der Waals surface area (Å²) < 4.78 is 0. The van der Waals surface area contributed by atoms with Crippen LogP contribution in [-0.4, -0.2) is 45.7 Å². The van der Waals surface area contributed by atoms with Crippen molar-refractivity contribution in [3.05, 3.63) is 0 Å². The summed E-state index contributed by atoms with van der Waals surface area (Å²) in [6, 6.07) is -0.882. The first-order valence-corrected chi connectivity index (χ1v) is 20.9. The molecule has 1 unspecified atom stereocenters. The molecule has 1 amide bonds. The molecule has 2 atom stereocenters. The molecule has 0 rings (SSSR count). The number of rotatable bonds is 37. The third kappa shape index (κ3) is 34.4. The lowest BCUT2D eigenvalue weighted by molar-refractivity contribution is -0.141. The maximum absolute atomic E-state index is 12.3. The maximum Gasteiger partial charge on any atom is 0.327 e. The number of carboxylic acids is 1. The van der Waals surface area contributed by atoms with E-state index in [1.807, 2.05) is 0 Å². The zero-order valence-corrected chi connectivity index (χ0v) is 30.9. The highest BCUT2D eigenvalue weighted by Crippen LogP contribution is 2.16. The molecule has 0 aliphatic rings. The van der Waals surface area contributed by atoms with Crippen molar-refractivity contribution < 1.29 is 19.8 Å². The second-order valence-electron chi connectivity index (χ2n) is 13.7. The minimum atomic E-state index is -0.992. The Morgan fingerprint density at radius 3 is 1.20 bits per heavy atom. The van der Waals surface area contributed by atoms with Crippen LogP contribution in [0, 0.1) is 0 Å². The number of aliphatic hydroxyl groups is 1. The second-order valence-corrected chi connectivity index (χ2v) is 14.8. The van der Waals surface area contributed by atoms with Gasteiger partial charge in [-0.1, -0.05) is 194 Å². The molecular weight excluding hydrogens is 578 g/mol. The van der Waals surface area contributed by atoms with Gasteiger partial charge >= 0.3 is 5.97 Å². The van der Waals surface area contributed by atoms with Crippen LogP contribution in [0.5, 0.6) is 0 Å². The van der Waals surface area contributed by atoms with Gasteiger partial charge in [-0.3, -0.25) is 4.79 Å². The summed E-state index contributed by atoms with van der Waals surface area (Å²) in [6.07, 6.45) is 38.6. The highest BCUT2D eigenvalue weighted by molar-refractivity contribution is 7.99. The Labute approximate surface area is 284 Å². The molecule has 0 aromatic rings. The van der Waals surface area contributed by atoms with Crippen molar-refractivity contribution in [2.24, 2.45) is 0 Å². The molecule has 6 heteroatoms. The van der Waals surface area contributed by atoms with Crippen molar-refractivity contribution in [2.75, 3.05) is 11.5 Å². The predicted molar refractivity (Wildman–Crippen MR) is 197 cm³/mol. The number of hydrogen-bond acceptors (Lipinski definition) is 4. The maximum atomic E-state index is 12.3. The lowest BCUT2D eigenvalue weighted by Crippen LogP contribution is -2.42. The quantitative estimate of drug-likeness (QED) is 0.0580. The van der Waals surface area contributed by atoms with Gasteiger partial charge in [0.1, 0.15) is 6.04 Å². The first-order chi connectivity index (χ1) is 22.0. The van der Waals surface area contributed by atoms with E-state index in [1.54, 1.807) is 0 Å². The lowest BCUT2D eigenvalue weighted by Gasteiger charge is -2.16. The van der Waals surface area contributed by atoms with E-state index in [9.17, 15) is 19.8 Å². The fourth-order valence-electron chi connectivity index (χ4n) is 6.08. The molecule has 0 saturated carbocycles. The third-order valence-corrected chi connectivity index (χ3v) is 10.3. The molecule has 0 bridgehead atoms. The molecule has 0 saturated heterocycles. The number of carboxylic acid groups (broad SMARTS) is 1. The molecule has 0 fully saturated rings. The summed E-state index contributed by atoms with van der Waals surface area (Å²) in [7, 11) is 0. The van der Waals surface area contributed by atoms with Crippen molar-refractivity contribution >= 4 is 23.6 Å².